The minimum absolute atomic E-state index is 0.256. The van der Waals surface area contributed by atoms with Gasteiger partial charge in [0.15, 0.2) is 0 Å². The molecule has 0 nitrogen and oxygen atoms in total. The van der Waals surface area contributed by atoms with E-state index in [2.05, 4.69) is 40.3 Å². The van der Waals surface area contributed by atoms with Crippen LogP contribution in [0.5, 0.6) is 0 Å². The van der Waals surface area contributed by atoms with E-state index in [1.807, 2.05) is 0 Å². The number of benzene rings is 1. The van der Waals surface area contributed by atoms with E-state index in [0.717, 1.165) is 38.5 Å². The summed E-state index contributed by atoms with van der Waals surface area (Å²) >= 11 is 0. The lowest BCUT2D eigenvalue weighted by molar-refractivity contribution is 0.238. The first-order chi connectivity index (χ1) is 11.7. The minimum atomic E-state index is -0.347. The van der Waals surface area contributed by atoms with Gasteiger partial charge < -0.3 is 0 Å². The molecule has 0 radical (unpaired) electrons. The van der Waals surface area contributed by atoms with Crippen molar-refractivity contribution in [2.24, 2.45) is 11.8 Å². The third-order valence-electron chi connectivity index (χ3n) is 5.84. The predicted octanol–water partition coefficient (Wildman–Crippen LogP) is 7.35. The highest BCUT2D eigenvalue weighted by Gasteiger charge is 2.35. The zero-order chi connectivity index (χ0) is 18.6. The van der Waals surface area contributed by atoms with Crippen LogP contribution in [-0.4, -0.2) is 0 Å². The molecule has 1 aromatic carbocycles. The molecule has 2 heteroatoms. The molecule has 138 valence electrons. The van der Waals surface area contributed by atoms with Crippen molar-refractivity contribution in [1.82, 2.24) is 0 Å². The van der Waals surface area contributed by atoms with Crippen LogP contribution in [0.1, 0.15) is 71.8 Å². The Balaban J connectivity index is 2.00. The van der Waals surface area contributed by atoms with Crippen LogP contribution in [0.2, 0.25) is 0 Å². The zero-order valence-corrected chi connectivity index (χ0v) is 16.2. The lowest BCUT2D eigenvalue weighted by Gasteiger charge is -2.38. The van der Waals surface area contributed by atoms with Gasteiger partial charge in [0.2, 0.25) is 0 Å². The van der Waals surface area contributed by atoms with Crippen molar-refractivity contribution >= 4 is 0 Å². The van der Waals surface area contributed by atoms with Gasteiger partial charge in [0.05, 0.1) is 0 Å². The van der Waals surface area contributed by atoms with Crippen LogP contribution in [-0.2, 0) is 5.41 Å². The second-order valence-electron chi connectivity index (χ2n) is 8.25. The molecule has 0 heterocycles. The summed E-state index contributed by atoms with van der Waals surface area (Å²) in [5.74, 6) is 0.442. The van der Waals surface area contributed by atoms with E-state index < -0.39 is 0 Å². The highest BCUT2D eigenvalue weighted by Crippen LogP contribution is 2.44. The maximum atomic E-state index is 14.2. The summed E-state index contributed by atoms with van der Waals surface area (Å²) in [6.45, 7) is 12.9. The summed E-state index contributed by atoms with van der Waals surface area (Å²) in [4.78, 5) is 0. The lowest BCUT2D eigenvalue weighted by atomic mass is 9.66. The fourth-order valence-corrected chi connectivity index (χ4v) is 4.20. The van der Waals surface area contributed by atoms with Crippen molar-refractivity contribution in [3.63, 3.8) is 0 Å². The Hall–Kier alpha value is -1.44. The number of hydrogen-bond acceptors (Lipinski definition) is 0. The third-order valence-corrected chi connectivity index (χ3v) is 5.84. The highest BCUT2D eigenvalue weighted by atomic mass is 19.1. The molecule has 0 bridgehead atoms. The van der Waals surface area contributed by atoms with Gasteiger partial charge in [-0.25, -0.2) is 8.78 Å². The summed E-state index contributed by atoms with van der Waals surface area (Å²) in [5.41, 5.74) is 2.94. The van der Waals surface area contributed by atoms with Gasteiger partial charge in [0.1, 0.15) is 11.6 Å². The molecule has 1 unspecified atom stereocenters. The molecule has 0 amide bonds. The van der Waals surface area contributed by atoms with Gasteiger partial charge in [0, 0.05) is 0 Å². The quantitative estimate of drug-likeness (QED) is 0.472. The minimum Gasteiger partial charge on any atom is -0.207 e. The molecule has 2 rings (SSSR count). The standard InChI is InChI=1S/C23H32F2/c1-6-19(13-16(2)3)17(4)14-18-9-11-23(5,12-10-18)21-15-20(24)7-8-22(21)25/h7-8,13,15,18-19H,4,6,9-12,14H2,1-3,5H3. The second-order valence-corrected chi connectivity index (χ2v) is 8.25. The van der Waals surface area contributed by atoms with Gasteiger partial charge in [-0.05, 0) is 93.4 Å². The maximum absolute atomic E-state index is 14.2. The van der Waals surface area contributed by atoms with Crippen LogP contribution in [0.3, 0.4) is 0 Å². The summed E-state index contributed by atoms with van der Waals surface area (Å²) in [6, 6.07) is 3.84. The number of rotatable bonds is 6. The van der Waals surface area contributed by atoms with Crippen molar-refractivity contribution < 1.29 is 8.78 Å². The molecule has 1 saturated carbocycles. The highest BCUT2D eigenvalue weighted by molar-refractivity contribution is 5.28. The molecule has 1 fully saturated rings. The Labute approximate surface area is 152 Å². The second kappa shape index (κ2) is 8.29. The Morgan fingerprint density at radius 2 is 1.92 bits per heavy atom. The first kappa shape index (κ1) is 19.9. The summed E-state index contributed by atoms with van der Waals surface area (Å²) in [6.07, 6.45) is 8.37. The molecule has 1 atom stereocenters. The Bertz CT molecular complexity index is 629. The maximum Gasteiger partial charge on any atom is 0.127 e. The van der Waals surface area contributed by atoms with Gasteiger partial charge >= 0.3 is 0 Å². The van der Waals surface area contributed by atoms with Crippen molar-refractivity contribution in [3.05, 3.63) is 59.2 Å². The number of allylic oxidation sites excluding steroid dienone is 3. The number of halogens is 2. The molecule has 0 saturated heterocycles. The first-order valence-electron chi connectivity index (χ1n) is 9.53. The fourth-order valence-electron chi connectivity index (χ4n) is 4.20. The largest absolute Gasteiger partial charge is 0.207 e. The van der Waals surface area contributed by atoms with Gasteiger partial charge in [0.25, 0.3) is 0 Å². The lowest BCUT2D eigenvalue weighted by Crippen LogP contribution is -2.30. The average Bonchev–Trinajstić information content (AvgIpc) is 2.56. The van der Waals surface area contributed by atoms with Crippen LogP contribution >= 0.6 is 0 Å². The molecular formula is C23H32F2. The van der Waals surface area contributed by atoms with E-state index in [9.17, 15) is 8.78 Å². The molecule has 1 aromatic rings. The van der Waals surface area contributed by atoms with Gasteiger partial charge in [-0.3, -0.25) is 0 Å². The molecule has 1 aliphatic carbocycles. The van der Waals surface area contributed by atoms with Gasteiger partial charge in [-0.1, -0.05) is 37.6 Å². The van der Waals surface area contributed by atoms with E-state index in [4.69, 9.17) is 0 Å². The Morgan fingerprint density at radius 3 is 2.48 bits per heavy atom. The summed E-state index contributed by atoms with van der Waals surface area (Å²) in [7, 11) is 0. The molecule has 0 aliphatic heterocycles. The fraction of sp³-hybridized carbons (Fsp3) is 0.565. The molecule has 0 spiro atoms. The van der Waals surface area contributed by atoms with Gasteiger partial charge in [-0.15, -0.1) is 0 Å². The molecular weight excluding hydrogens is 314 g/mol. The Morgan fingerprint density at radius 1 is 1.28 bits per heavy atom. The van der Waals surface area contributed by atoms with Crippen LogP contribution in [0, 0.1) is 23.5 Å². The molecule has 1 aliphatic rings. The van der Waals surface area contributed by atoms with E-state index in [1.54, 1.807) is 0 Å². The van der Waals surface area contributed by atoms with Crippen molar-refractivity contribution in [1.29, 1.82) is 0 Å². The van der Waals surface area contributed by atoms with Crippen molar-refractivity contribution in [3.8, 4) is 0 Å². The van der Waals surface area contributed by atoms with Crippen molar-refractivity contribution in [2.45, 2.75) is 71.6 Å². The van der Waals surface area contributed by atoms with E-state index in [1.165, 1.54) is 29.3 Å². The van der Waals surface area contributed by atoms with Crippen LogP contribution in [0.25, 0.3) is 0 Å². The SMILES string of the molecule is C=C(CC1CCC(C)(c2cc(F)ccc2F)CC1)C(C=C(C)C)CC. The molecule has 0 N–H and O–H groups in total. The van der Waals surface area contributed by atoms with E-state index in [-0.39, 0.29) is 17.0 Å². The summed E-state index contributed by atoms with van der Waals surface area (Å²) in [5, 5.41) is 0. The van der Waals surface area contributed by atoms with Crippen LogP contribution in [0.15, 0.2) is 42.0 Å². The monoisotopic (exact) mass is 346 g/mol. The van der Waals surface area contributed by atoms with Gasteiger partial charge in [-0.2, -0.15) is 0 Å². The summed E-state index contributed by atoms with van der Waals surface area (Å²) < 4.78 is 27.8. The van der Waals surface area contributed by atoms with Crippen LogP contribution in [0.4, 0.5) is 8.78 Å². The Kier molecular flexibility index (Phi) is 6.59. The zero-order valence-electron chi connectivity index (χ0n) is 16.2. The first-order valence-corrected chi connectivity index (χ1v) is 9.53. The average molecular weight is 347 g/mol. The normalized spacial score (nSPS) is 24.6. The van der Waals surface area contributed by atoms with E-state index in [0.29, 0.717) is 17.4 Å². The third kappa shape index (κ3) is 5.03. The topological polar surface area (TPSA) is 0 Å². The molecule has 0 aromatic heterocycles. The predicted molar refractivity (Wildman–Crippen MR) is 103 cm³/mol. The van der Waals surface area contributed by atoms with Crippen LogP contribution < -0.4 is 0 Å². The van der Waals surface area contributed by atoms with Crippen molar-refractivity contribution in [2.75, 3.05) is 0 Å². The number of hydrogen-bond donors (Lipinski definition) is 0. The molecule has 25 heavy (non-hydrogen) atoms. The van der Waals surface area contributed by atoms with E-state index >= 15 is 0 Å². The smallest absolute Gasteiger partial charge is 0.127 e.